The van der Waals surface area contributed by atoms with Gasteiger partial charge in [-0.05, 0) is 70.6 Å². The molecule has 0 rings (SSSR count). The maximum atomic E-state index is 12.8. The number of esters is 3. The summed E-state index contributed by atoms with van der Waals surface area (Å²) in [5, 5.41) is 0. The Hall–Kier alpha value is -2.89. The summed E-state index contributed by atoms with van der Waals surface area (Å²) < 4.78 is 16.8. The molecule has 0 radical (unpaired) electrons. The van der Waals surface area contributed by atoms with E-state index in [2.05, 4.69) is 75.5 Å². The molecule has 0 aromatic heterocycles. The van der Waals surface area contributed by atoms with E-state index in [0.29, 0.717) is 19.3 Å². The van der Waals surface area contributed by atoms with Gasteiger partial charge in [0.05, 0.1) is 0 Å². The molecule has 70 heavy (non-hydrogen) atoms. The van der Waals surface area contributed by atoms with Crippen LogP contribution in [0.1, 0.15) is 310 Å². The number of rotatable bonds is 55. The van der Waals surface area contributed by atoms with Gasteiger partial charge >= 0.3 is 17.9 Å². The monoisotopic (exact) mass is 979 g/mol. The van der Waals surface area contributed by atoms with Crippen molar-refractivity contribution in [3.05, 3.63) is 60.8 Å². The van der Waals surface area contributed by atoms with Crippen LogP contribution in [-0.4, -0.2) is 37.2 Å². The highest BCUT2D eigenvalue weighted by atomic mass is 16.6. The minimum atomic E-state index is -0.808. The van der Waals surface area contributed by atoms with Crippen molar-refractivity contribution in [2.45, 2.75) is 316 Å². The third kappa shape index (κ3) is 56.0. The van der Waals surface area contributed by atoms with E-state index in [1.54, 1.807) is 0 Å². The fraction of sp³-hybridized carbons (Fsp3) is 0.797. The summed E-state index contributed by atoms with van der Waals surface area (Å²) >= 11 is 0. The molecule has 1 unspecified atom stereocenters. The molecule has 0 aliphatic heterocycles. The Balaban J connectivity index is 4.13. The average molecular weight is 980 g/mol. The van der Waals surface area contributed by atoms with E-state index in [4.69, 9.17) is 14.2 Å². The Morgan fingerprint density at radius 3 is 0.929 bits per heavy atom. The number of hydrogen-bond donors (Lipinski definition) is 0. The number of hydrogen-bond acceptors (Lipinski definition) is 6. The maximum Gasteiger partial charge on any atom is 0.306 e. The lowest BCUT2D eigenvalue weighted by atomic mass is 10.0. The Morgan fingerprint density at radius 1 is 0.300 bits per heavy atom. The maximum absolute atomic E-state index is 12.8. The molecule has 0 aromatic carbocycles. The van der Waals surface area contributed by atoms with E-state index in [1.165, 1.54) is 199 Å². The first kappa shape index (κ1) is 67.1. The molecule has 0 fully saturated rings. The summed E-state index contributed by atoms with van der Waals surface area (Å²) in [4.78, 5) is 38.0. The Morgan fingerprint density at radius 2 is 0.586 bits per heavy atom. The zero-order valence-corrected chi connectivity index (χ0v) is 46.5. The van der Waals surface area contributed by atoms with Crippen LogP contribution in [-0.2, 0) is 28.6 Å². The largest absolute Gasteiger partial charge is 0.462 e. The SMILES string of the molecule is CC/C=C\C/C=C\C/C=C\C/C=C\CCC(=O)OC(COC(=O)CCCCCCCCCCCC)COC(=O)CCCCCCCCCCCCCCCCCCC/C=C\CCCCCCCCCC. The van der Waals surface area contributed by atoms with Crippen LogP contribution < -0.4 is 0 Å². The molecular formula is C64H114O6. The second-order valence-electron chi connectivity index (χ2n) is 20.2. The van der Waals surface area contributed by atoms with E-state index in [9.17, 15) is 14.4 Å². The van der Waals surface area contributed by atoms with Crippen molar-refractivity contribution in [3.8, 4) is 0 Å². The first-order valence-corrected chi connectivity index (χ1v) is 30.3. The van der Waals surface area contributed by atoms with Crippen molar-refractivity contribution in [2.75, 3.05) is 13.2 Å². The molecule has 0 heterocycles. The van der Waals surface area contributed by atoms with Gasteiger partial charge in [0.2, 0.25) is 0 Å². The number of unbranched alkanes of at least 4 members (excludes halogenated alkanes) is 34. The normalized spacial score (nSPS) is 12.4. The first-order valence-electron chi connectivity index (χ1n) is 30.3. The molecule has 0 aliphatic carbocycles. The van der Waals surface area contributed by atoms with Crippen molar-refractivity contribution >= 4 is 17.9 Å². The van der Waals surface area contributed by atoms with Crippen molar-refractivity contribution in [2.24, 2.45) is 0 Å². The standard InChI is InChI=1S/C64H114O6/c1-4-7-10-13-16-19-22-24-25-26-27-28-29-30-31-32-33-34-35-36-37-38-39-41-42-45-48-51-54-57-63(66)69-60-61(59-68-62(65)56-53-50-47-44-21-18-15-12-9-6-3)70-64(67)58-55-52-49-46-43-40-23-20-17-14-11-8-5-2/h8,11,17,20,26-27,40,43,49,52,61H,4-7,9-10,12-16,18-19,21-25,28-39,41-42,44-48,50-51,53-60H2,1-3H3/b11-8-,20-17-,27-26-,43-40-,52-49-. The third-order valence-corrected chi connectivity index (χ3v) is 13.3. The predicted molar refractivity (Wildman–Crippen MR) is 302 cm³/mol. The zero-order chi connectivity index (χ0) is 50.7. The van der Waals surface area contributed by atoms with Crippen molar-refractivity contribution in [1.82, 2.24) is 0 Å². The van der Waals surface area contributed by atoms with Crippen molar-refractivity contribution in [3.63, 3.8) is 0 Å². The van der Waals surface area contributed by atoms with Crippen LogP contribution >= 0.6 is 0 Å². The van der Waals surface area contributed by atoms with Crippen LogP contribution in [0.4, 0.5) is 0 Å². The molecule has 406 valence electrons. The van der Waals surface area contributed by atoms with Gasteiger partial charge < -0.3 is 14.2 Å². The summed E-state index contributed by atoms with van der Waals surface area (Å²) in [5.41, 5.74) is 0. The average Bonchev–Trinajstić information content (AvgIpc) is 3.36. The fourth-order valence-electron chi connectivity index (χ4n) is 8.75. The van der Waals surface area contributed by atoms with Gasteiger partial charge in [-0.25, -0.2) is 0 Å². The summed E-state index contributed by atoms with van der Waals surface area (Å²) in [7, 11) is 0. The lowest BCUT2D eigenvalue weighted by molar-refractivity contribution is -0.166. The second kappa shape index (κ2) is 58.7. The first-order chi connectivity index (χ1) is 34.5. The summed E-state index contributed by atoms with van der Waals surface area (Å²) in [6.45, 7) is 6.48. The minimum Gasteiger partial charge on any atom is -0.462 e. The van der Waals surface area contributed by atoms with E-state index in [1.807, 2.05) is 6.08 Å². The molecule has 6 nitrogen and oxygen atoms in total. The lowest BCUT2D eigenvalue weighted by Gasteiger charge is -2.18. The van der Waals surface area contributed by atoms with Gasteiger partial charge in [0.15, 0.2) is 6.10 Å². The van der Waals surface area contributed by atoms with Gasteiger partial charge in [0.25, 0.3) is 0 Å². The topological polar surface area (TPSA) is 78.9 Å². The molecule has 0 saturated heterocycles. The number of ether oxygens (including phenoxy) is 3. The predicted octanol–water partition coefficient (Wildman–Crippen LogP) is 20.4. The van der Waals surface area contributed by atoms with Gasteiger partial charge in [-0.15, -0.1) is 0 Å². The molecule has 0 spiro atoms. The van der Waals surface area contributed by atoms with Gasteiger partial charge in [-0.2, -0.15) is 0 Å². The van der Waals surface area contributed by atoms with Gasteiger partial charge in [-0.1, -0.05) is 281 Å². The van der Waals surface area contributed by atoms with Crippen LogP contribution in [0.15, 0.2) is 60.8 Å². The van der Waals surface area contributed by atoms with Crippen molar-refractivity contribution < 1.29 is 28.6 Å². The van der Waals surface area contributed by atoms with Crippen LogP contribution in [0, 0.1) is 0 Å². The number of allylic oxidation sites excluding steroid dienone is 10. The van der Waals surface area contributed by atoms with Crippen LogP contribution in [0.25, 0.3) is 0 Å². The summed E-state index contributed by atoms with van der Waals surface area (Å²) in [6, 6.07) is 0. The van der Waals surface area contributed by atoms with E-state index in [-0.39, 0.29) is 37.5 Å². The molecular weight excluding hydrogens is 865 g/mol. The van der Waals surface area contributed by atoms with Crippen molar-refractivity contribution in [1.29, 1.82) is 0 Å². The van der Waals surface area contributed by atoms with E-state index < -0.39 is 6.10 Å². The van der Waals surface area contributed by atoms with Gasteiger partial charge in [0, 0.05) is 19.3 Å². The van der Waals surface area contributed by atoms with Gasteiger partial charge in [0.1, 0.15) is 13.2 Å². The zero-order valence-electron chi connectivity index (χ0n) is 46.5. The van der Waals surface area contributed by atoms with Crippen LogP contribution in [0.5, 0.6) is 0 Å². The molecule has 1 atom stereocenters. The van der Waals surface area contributed by atoms with Gasteiger partial charge in [-0.3, -0.25) is 14.4 Å². The molecule has 0 amide bonds. The highest BCUT2D eigenvalue weighted by Crippen LogP contribution is 2.17. The van der Waals surface area contributed by atoms with E-state index in [0.717, 1.165) is 64.2 Å². The molecule has 0 aromatic rings. The molecule has 6 heteroatoms. The summed E-state index contributed by atoms with van der Waals surface area (Å²) in [6.07, 6.45) is 74.1. The Kier molecular flexibility index (Phi) is 56.3. The fourth-order valence-corrected chi connectivity index (χ4v) is 8.75. The van der Waals surface area contributed by atoms with Crippen LogP contribution in [0.2, 0.25) is 0 Å². The highest BCUT2D eigenvalue weighted by molar-refractivity contribution is 5.71. The smallest absolute Gasteiger partial charge is 0.306 e. The summed E-state index contributed by atoms with van der Waals surface area (Å²) in [5.74, 6) is -0.972. The molecule has 0 bridgehead atoms. The Bertz CT molecular complexity index is 1260. The minimum absolute atomic E-state index is 0.0994. The lowest BCUT2D eigenvalue weighted by Crippen LogP contribution is -2.30. The molecule has 0 saturated carbocycles. The Labute approximate surface area is 434 Å². The second-order valence-corrected chi connectivity index (χ2v) is 20.2. The van der Waals surface area contributed by atoms with Crippen LogP contribution in [0.3, 0.4) is 0 Å². The van der Waals surface area contributed by atoms with E-state index >= 15 is 0 Å². The molecule has 0 aliphatic rings. The third-order valence-electron chi connectivity index (χ3n) is 13.3. The number of carbonyl (C=O) groups excluding carboxylic acids is 3. The number of carbonyl (C=O) groups is 3. The molecule has 0 N–H and O–H groups in total. The quantitative estimate of drug-likeness (QED) is 0.0261. The highest BCUT2D eigenvalue weighted by Gasteiger charge is 2.19.